The van der Waals surface area contributed by atoms with Gasteiger partial charge in [0.15, 0.2) is 6.79 Å². The normalized spacial score (nSPS) is 10.8. The molecule has 4 rings (SSSR count). The molecule has 4 aromatic rings. The van der Waals surface area contributed by atoms with Crippen LogP contribution in [0.25, 0.3) is 16.6 Å². The van der Waals surface area contributed by atoms with Crippen LogP contribution in [0, 0.1) is 0 Å². The molecule has 1 aromatic heterocycles. The Morgan fingerprint density at radius 2 is 1.67 bits per heavy atom. The van der Waals surface area contributed by atoms with E-state index in [1.54, 1.807) is 41.0 Å². The molecule has 0 aliphatic rings. The number of aromatic nitrogens is 1. The van der Waals surface area contributed by atoms with Crippen LogP contribution in [0.1, 0.15) is 29.3 Å². The number of carbonyl (C=O) groups is 1. The van der Waals surface area contributed by atoms with Crippen LogP contribution in [0.3, 0.4) is 0 Å². The number of fused-ring (bicyclic) bond motifs is 1. The van der Waals surface area contributed by atoms with Crippen molar-refractivity contribution in [1.82, 2.24) is 4.57 Å². The highest BCUT2D eigenvalue weighted by atomic mass is 16.7. The molecule has 0 bridgehead atoms. The first kappa shape index (κ1) is 24.8. The number of rotatable bonds is 11. The van der Waals surface area contributed by atoms with Crippen LogP contribution in [-0.2, 0) is 11.3 Å². The van der Waals surface area contributed by atoms with Crippen molar-refractivity contribution in [3.05, 3.63) is 94.3 Å². The fraction of sp³-hybridized carbons (Fsp3) is 0.214. The number of benzene rings is 3. The van der Waals surface area contributed by atoms with Gasteiger partial charge in [-0.3, -0.25) is 4.79 Å². The Morgan fingerprint density at radius 3 is 2.36 bits per heavy atom. The van der Waals surface area contributed by atoms with E-state index in [1.165, 1.54) is 13.3 Å². The number of carboxylic acids is 1. The molecule has 186 valence electrons. The summed E-state index contributed by atoms with van der Waals surface area (Å²) in [6.45, 7) is 2.88. The number of methoxy groups -OCH3 is 1. The van der Waals surface area contributed by atoms with E-state index in [0.717, 1.165) is 12.0 Å². The molecule has 0 saturated heterocycles. The van der Waals surface area contributed by atoms with Gasteiger partial charge in [-0.1, -0.05) is 37.3 Å². The Hall–Kier alpha value is -4.30. The molecule has 0 unspecified atom stereocenters. The maximum absolute atomic E-state index is 12.9. The Morgan fingerprint density at radius 1 is 0.917 bits per heavy atom. The minimum absolute atomic E-state index is 0.0285. The van der Waals surface area contributed by atoms with Gasteiger partial charge in [0.25, 0.3) is 0 Å². The number of hydrogen-bond acceptors (Lipinski definition) is 6. The summed E-state index contributed by atoms with van der Waals surface area (Å²) in [5.41, 5.74) is 1.12. The van der Waals surface area contributed by atoms with E-state index in [0.29, 0.717) is 41.7 Å². The topological polar surface area (TPSA) is 96.2 Å². The molecular weight excluding hydrogens is 462 g/mol. The molecule has 0 fully saturated rings. The predicted molar refractivity (Wildman–Crippen MR) is 136 cm³/mol. The summed E-state index contributed by atoms with van der Waals surface area (Å²) in [5.74, 6) is 0.264. The molecule has 0 aliphatic carbocycles. The molecule has 3 aromatic carbocycles. The summed E-state index contributed by atoms with van der Waals surface area (Å²) in [6.07, 6.45) is 2.13. The van der Waals surface area contributed by atoms with Crippen LogP contribution in [0.2, 0.25) is 0 Å². The summed E-state index contributed by atoms with van der Waals surface area (Å²) < 4.78 is 24.1. The van der Waals surface area contributed by atoms with Gasteiger partial charge in [0.1, 0.15) is 29.4 Å². The summed E-state index contributed by atoms with van der Waals surface area (Å²) in [6, 6.07) is 19.9. The average molecular weight is 490 g/mol. The van der Waals surface area contributed by atoms with Gasteiger partial charge >= 0.3 is 5.97 Å². The number of carboxylic acid groups (broad SMARTS) is 1. The standard InChI is InChI=1S/C28H27NO7/c1-3-11-34-22-12-20(13-23(14-22)35-17-19-7-5-4-6-8-19)29-16-25(28(31)32)27(30)24-10-9-21(15-26(24)29)36-18-33-2/h4-10,12-16H,3,11,17-18H2,1-2H3,(H,31,32). The molecule has 0 amide bonds. The minimum atomic E-state index is -1.31. The summed E-state index contributed by atoms with van der Waals surface area (Å²) in [7, 11) is 1.51. The maximum atomic E-state index is 12.9. The highest BCUT2D eigenvalue weighted by molar-refractivity contribution is 5.93. The summed E-state index contributed by atoms with van der Waals surface area (Å²) in [5, 5.41) is 9.94. The van der Waals surface area contributed by atoms with E-state index in [1.807, 2.05) is 37.3 Å². The molecule has 8 heteroatoms. The van der Waals surface area contributed by atoms with Gasteiger partial charge in [-0.2, -0.15) is 0 Å². The van der Waals surface area contributed by atoms with Crippen molar-refractivity contribution in [2.75, 3.05) is 20.5 Å². The van der Waals surface area contributed by atoms with Crippen molar-refractivity contribution < 1.29 is 28.8 Å². The second-order valence-corrected chi connectivity index (χ2v) is 8.06. The third-order valence-corrected chi connectivity index (χ3v) is 5.41. The van der Waals surface area contributed by atoms with Gasteiger partial charge in [-0.25, -0.2) is 4.79 Å². The Labute approximate surface area is 208 Å². The molecule has 8 nitrogen and oxygen atoms in total. The zero-order valence-corrected chi connectivity index (χ0v) is 20.1. The lowest BCUT2D eigenvalue weighted by Gasteiger charge is -2.17. The van der Waals surface area contributed by atoms with E-state index in [2.05, 4.69) is 0 Å². The average Bonchev–Trinajstić information content (AvgIpc) is 2.90. The zero-order chi connectivity index (χ0) is 25.5. The molecule has 1 heterocycles. The van der Waals surface area contributed by atoms with Crippen molar-refractivity contribution in [2.45, 2.75) is 20.0 Å². The second kappa shape index (κ2) is 11.4. The lowest BCUT2D eigenvalue weighted by Crippen LogP contribution is -2.18. The Kier molecular flexibility index (Phi) is 7.87. The smallest absolute Gasteiger partial charge is 0.341 e. The van der Waals surface area contributed by atoms with Crippen LogP contribution >= 0.6 is 0 Å². The van der Waals surface area contributed by atoms with Crippen LogP contribution < -0.4 is 19.6 Å². The monoisotopic (exact) mass is 489 g/mol. The van der Waals surface area contributed by atoms with Crippen molar-refractivity contribution in [3.8, 4) is 22.9 Å². The van der Waals surface area contributed by atoms with Crippen molar-refractivity contribution in [1.29, 1.82) is 0 Å². The van der Waals surface area contributed by atoms with Crippen LogP contribution in [0.15, 0.2) is 77.7 Å². The number of ether oxygens (including phenoxy) is 4. The van der Waals surface area contributed by atoms with E-state index in [4.69, 9.17) is 18.9 Å². The minimum Gasteiger partial charge on any atom is -0.493 e. The molecular formula is C28H27NO7. The van der Waals surface area contributed by atoms with Gasteiger partial charge in [0.05, 0.1) is 17.8 Å². The van der Waals surface area contributed by atoms with Crippen LogP contribution in [0.5, 0.6) is 17.2 Å². The molecule has 0 spiro atoms. The second-order valence-electron chi connectivity index (χ2n) is 8.06. The van der Waals surface area contributed by atoms with Gasteiger partial charge in [-0.15, -0.1) is 0 Å². The highest BCUT2D eigenvalue weighted by Gasteiger charge is 2.17. The first-order valence-corrected chi connectivity index (χ1v) is 11.5. The van der Waals surface area contributed by atoms with E-state index < -0.39 is 11.4 Å². The van der Waals surface area contributed by atoms with Gasteiger partial charge in [-0.05, 0) is 24.1 Å². The molecule has 1 N–H and O–H groups in total. The van der Waals surface area contributed by atoms with Gasteiger partial charge in [0, 0.05) is 43.0 Å². The van der Waals surface area contributed by atoms with Crippen LogP contribution in [-0.4, -0.2) is 36.2 Å². The van der Waals surface area contributed by atoms with Crippen molar-refractivity contribution in [3.63, 3.8) is 0 Å². The van der Waals surface area contributed by atoms with Crippen molar-refractivity contribution >= 4 is 16.9 Å². The molecule has 0 saturated carbocycles. The maximum Gasteiger partial charge on any atom is 0.341 e. The lowest BCUT2D eigenvalue weighted by molar-refractivity contribution is 0.0512. The fourth-order valence-electron chi connectivity index (χ4n) is 3.71. The third kappa shape index (κ3) is 5.67. The largest absolute Gasteiger partial charge is 0.493 e. The quantitative estimate of drug-likeness (QED) is 0.295. The predicted octanol–water partition coefficient (Wildman–Crippen LogP) is 5.04. The Bertz CT molecular complexity index is 1410. The van der Waals surface area contributed by atoms with Crippen molar-refractivity contribution in [2.24, 2.45) is 0 Å². The molecule has 0 radical (unpaired) electrons. The number of aromatic carboxylic acids is 1. The molecule has 36 heavy (non-hydrogen) atoms. The summed E-state index contributed by atoms with van der Waals surface area (Å²) in [4.78, 5) is 24.8. The highest BCUT2D eigenvalue weighted by Crippen LogP contribution is 2.29. The fourth-order valence-corrected chi connectivity index (χ4v) is 3.71. The summed E-state index contributed by atoms with van der Waals surface area (Å²) >= 11 is 0. The third-order valence-electron chi connectivity index (χ3n) is 5.41. The lowest BCUT2D eigenvalue weighted by atomic mass is 10.1. The number of pyridine rings is 1. The molecule has 0 aliphatic heterocycles. The zero-order valence-electron chi connectivity index (χ0n) is 20.1. The number of hydrogen-bond donors (Lipinski definition) is 1. The van der Waals surface area contributed by atoms with Gasteiger partial charge in [0.2, 0.25) is 5.43 Å². The Balaban J connectivity index is 1.86. The molecule has 0 atom stereocenters. The first-order chi connectivity index (χ1) is 17.5. The number of nitrogens with zero attached hydrogens (tertiary/aromatic N) is 1. The van der Waals surface area contributed by atoms with E-state index >= 15 is 0 Å². The van der Waals surface area contributed by atoms with E-state index in [-0.39, 0.29) is 17.7 Å². The van der Waals surface area contributed by atoms with Gasteiger partial charge < -0.3 is 28.6 Å². The van der Waals surface area contributed by atoms with Crippen LogP contribution in [0.4, 0.5) is 0 Å². The SMILES string of the molecule is CCCOc1cc(OCc2ccccc2)cc(-n2cc(C(=O)O)c(=O)c3ccc(OCOC)cc32)c1. The van der Waals surface area contributed by atoms with E-state index in [9.17, 15) is 14.7 Å². The first-order valence-electron chi connectivity index (χ1n) is 11.5.